The van der Waals surface area contributed by atoms with Crippen LogP contribution in [0, 0.1) is 11.8 Å². The molecule has 7 rings (SSSR count). The molecule has 3 aliphatic rings. The van der Waals surface area contributed by atoms with Gasteiger partial charge in [-0.1, -0.05) is 18.2 Å². The van der Waals surface area contributed by atoms with E-state index in [-0.39, 0.29) is 17.4 Å². The van der Waals surface area contributed by atoms with E-state index in [0.29, 0.717) is 11.8 Å². The van der Waals surface area contributed by atoms with Crippen molar-refractivity contribution in [2.75, 3.05) is 20.2 Å². The molecule has 0 unspecified atom stereocenters. The average molecular weight is 513 g/mol. The lowest BCUT2D eigenvalue weighted by Crippen LogP contribution is -2.54. The van der Waals surface area contributed by atoms with Gasteiger partial charge in [-0.15, -0.1) is 6.58 Å². The largest absolute Gasteiger partial charge is 0.508 e. The van der Waals surface area contributed by atoms with Crippen molar-refractivity contribution in [1.29, 1.82) is 0 Å². The molecule has 3 aromatic carbocycles. The Bertz CT molecular complexity index is 1490. The molecule has 7 heteroatoms. The first-order valence-electron chi connectivity index (χ1n) is 12.8. The number of aromatic carboxylic acids is 1. The number of nitrogens with zero attached hydrogens (tertiary/aromatic N) is 2. The lowest BCUT2D eigenvalue weighted by molar-refractivity contribution is -0.0444. The van der Waals surface area contributed by atoms with E-state index in [4.69, 9.17) is 9.84 Å². The van der Waals surface area contributed by atoms with Crippen LogP contribution in [0.3, 0.4) is 0 Å². The highest BCUT2D eigenvalue weighted by Gasteiger charge is 2.42. The molecule has 2 bridgehead atoms. The molecule has 0 aliphatic carbocycles. The van der Waals surface area contributed by atoms with Gasteiger partial charge >= 0.3 is 5.97 Å². The minimum atomic E-state index is -0.944. The van der Waals surface area contributed by atoms with E-state index >= 15 is 0 Å². The van der Waals surface area contributed by atoms with E-state index in [2.05, 4.69) is 22.5 Å². The summed E-state index contributed by atoms with van der Waals surface area (Å²) in [4.78, 5) is 17.5. The second-order valence-electron chi connectivity index (χ2n) is 10.0. The Hall–Kier alpha value is -3.94. The number of aromatic nitrogens is 1. The maximum atomic E-state index is 11.2. The molecule has 0 saturated carbocycles. The van der Waals surface area contributed by atoms with Crippen LogP contribution >= 0.6 is 0 Å². The molecule has 5 atom stereocenters. The monoisotopic (exact) mass is 512 g/mol. The Labute approximate surface area is 221 Å². The number of aliphatic hydroxyl groups is 1. The number of carbonyl (C=O) groups is 1. The molecule has 1 aromatic heterocycles. The van der Waals surface area contributed by atoms with Crippen LogP contribution in [0.15, 0.2) is 79.5 Å². The van der Waals surface area contributed by atoms with Gasteiger partial charge in [-0.05, 0) is 96.1 Å². The molecule has 3 fully saturated rings. The number of pyridine rings is 1. The van der Waals surface area contributed by atoms with Crippen LogP contribution in [0.4, 0.5) is 0 Å². The highest BCUT2D eigenvalue weighted by atomic mass is 16.5. The van der Waals surface area contributed by atoms with E-state index in [1.54, 1.807) is 37.6 Å². The van der Waals surface area contributed by atoms with Crippen LogP contribution in [0.2, 0.25) is 0 Å². The van der Waals surface area contributed by atoms with Crippen LogP contribution in [-0.2, 0) is 0 Å². The SMILES string of the molecule is C=C[C@H]1C[N@]2CC[C@H]1C[C@H]2[C@H](O)c1ccnc2ccc(OC)cc12.O=C(O)c1ccc2cc(O)ccc2c1. The Kier molecular flexibility index (Phi) is 7.31. The number of aromatic hydroxyl groups is 1. The lowest BCUT2D eigenvalue weighted by Gasteiger charge is -2.50. The Balaban J connectivity index is 0.000000179. The van der Waals surface area contributed by atoms with Crippen LogP contribution < -0.4 is 4.74 Å². The first-order valence-corrected chi connectivity index (χ1v) is 12.8. The molecule has 3 N–H and O–H groups in total. The van der Waals surface area contributed by atoms with Crippen molar-refractivity contribution in [3.05, 3.63) is 90.6 Å². The number of fused-ring (bicyclic) bond motifs is 5. The van der Waals surface area contributed by atoms with E-state index in [0.717, 1.165) is 52.5 Å². The number of benzene rings is 3. The third kappa shape index (κ3) is 5.08. The van der Waals surface area contributed by atoms with Gasteiger partial charge in [-0.2, -0.15) is 0 Å². The zero-order valence-corrected chi connectivity index (χ0v) is 21.3. The minimum absolute atomic E-state index is 0.178. The van der Waals surface area contributed by atoms with Crippen molar-refractivity contribution in [3.63, 3.8) is 0 Å². The summed E-state index contributed by atoms with van der Waals surface area (Å²) in [5.74, 6) is 1.24. The van der Waals surface area contributed by atoms with Gasteiger partial charge in [0.1, 0.15) is 11.5 Å². The number of methoxy groups -OCH3 is 1. The topological polar surface area (TPSA) is 103 Å². The summed E-state index contributed by atoms with van der Waals surface area (Å²) < 4.78 is 5.35. The number of rotatable bonds is 5. The summed E-state index contributed by atoms with van der Waals surface area (Å²) in [7, 11) is 1.66. The average Bonchev–Trinajstić information content (AvgIpc) is 2.96. The summed E-state index contributed by atoms with van der Waals surface area (Å²) in [6, 6.07) is 17.6. The zero-order chi connectivity index (χ0) is 26.8. The fraction of sp³-hybridized carbons (Fsp3) is 0.290. The zero-order valence-electron chi connectivity index (χ0n) is 21.3. The third-order valence-electron chi connectivity index (χ3n) is 7.89. The van der Waals surface area contributed by atoms with Gasteiger partial charge in [0.05, 0.1) is 24.3 Å². The van der Waals surface area contributed by atoms with Crippen LogP contribution in [-0.4, -0.2) is 57.4 Å². The lowest BCUT2D eigenvalue weighted by atomic mass is 9.73. The molecule has 3 aliphatic heterocycles. The molecule has 196 valence electrons. The first-order chi connectivity index (χ1) is 18.4. The van der Waals surface area contributed by atoms with Crippen LogP contribution in [0.25, 0.3) is 21.7 Å². The maximum absolute atomic E-state index is 11.2. The molecule has 3 saturated heterocycles. The van der Waals surface area contributed by atoms with E-state index in [1.165, 1.54) is 18.6 Å². The molecule has 4 aromatic rings. The van der Waals surface area contributed by atoms with Crippen molar-refractivity contribution in [2.24, 2.45) is 11.8 Å². The van der Waals surface area contributed by atoms with Crippen molar-refractivity contribution in [3.8, 4) is 11.5 Å². The first kappa shape index (κ1) is 25.7. The standard InChI is InChI=1S/C20H24N2O2.C11H8O3/c1-3-13-12-22-9-7-14(13)10-19(22)20(23)16-6-8-21-18-5-4-15(24-2)11-17(16)18;12-10-4-3-7-5-9(11(13)14)2-1-8(7)6-10/h3-6,8,11,13-14,19-20,23H,1,7,9-10,12H2,2H3;1-6,12H,(H,13,14)/t13-,14-,19-,20+;/m0./s1. The van der Waals surface area contributed by atoms with E-state index in [9.17, 15) is 15.0 Å². The number of aliphatic hydroxyl groups excluding tert-OH is 1. The maximum Gasteiger partial charge on any atom is 0.335 e. The van der Waals surface area contributed by atoms with Crippen molar-refractivity contribution in [2.45, 2.75) is 25.0 Å². The minimum Gasteiger partial charge on any atom is -0.508 e. The molecule has 0 amide bonds. The second kappa shape index (κ2) is 10.8. The number of hydrogen-bond acceptors (Lipinski definition) is 6. The molecular weight excluding hydrogens is 480 g/mol. The Morgan fingerprint density at radius 2 is 1.92 bits per heavy atom. The number of phenols is 1. The number of carboxylic acid groups (broad SMARTS) is 1. The molecule has 7 nitrogen and oxygen atoms in total. The number of phenolic OH excluding ortho intramolecular Hbond substituents is 1. The van der Waals surface area contributed by atoms with Gasteiger partial charge in [0.15, 0.2) is 0 Å². The fourth-order valence-electron chi connectivity index (χ4n) is 5.81. The van der Waals surface area contributed by atoms with E-state index < -0.39 is 12.1 Å². The fourth-order valence-corrected chi connectivity index (χ4v) is 5.81. The predicted molar refractivity (Wildman–Crippen MR) is 148 cm³/mol. The number of piperidine rings is 3. The summed E-state index contributed by atoms with van der Waals surface area (Å²) in [5, 5.41) is 31.7. The van der Waals surface area contributed by atoms with Crippen LogP contribution in [0.1, 0.15) is 34.9 Å². The Morgan fingerprint density at radius 3 is 2.63 bits per heavy atom. The molecule has 0 spiro atoms. The number of carboxylic acids is 1. The normalized spacial score (nSPS) is 22.9. The van der Waals surface area contributed by atoms with Crippen molar-refractivity contribution >= 4 is 27.6 Å². The molecule has 38 heavy (non-hydrogen) atoms. The van der Waals surface area contributed by atoms with Gasteiger partial charge in [-0.3, -0.25) is 9.88 Å². The molecule has 0 radical (unpaired) electrons. The van der Waals surface area contributed by atoms with E-state index in [1.807, 2.05) is 24.3 Å². The number of hydrogen-bond donors (Lipinski definition) is 3. The Morgan fingerprint density at radius 1 is 1.13 bits per heavy atom. The van der Waals surface area contributed by atoms with Crippen molar-refractivity contribution < 1.29 is 24.9 Å². The highest BCUT2D eigenvalue weighted by molar-refractivity contribution is 5.94. The summed E-state index contributed by atoms with van der Waals surface area (Å²) in [6.45, 7) is 6.07. The highest BCUT2D eigenvalue weighted by Crippen LogP contribution is 2.42. The predicted octanol–water partition coefficient (Wildman–Crippen LogP) is 5.42. The third-order valence-corrected chi connectivity index (χ3v) is 7.89. The summed E-state index contributed by atoms with van der Waals surface area (Å²) in [6.07, 6.45) is 5.62. The second-order valence-corrected chi connectivity index (χ2v) is 10.0. The van der Waals surface area contributed by atoms with Gasteiger partial charge in [-0.25, -0.2) is 4.79 Å². The smallest absolute Gasteiger partial charge is 0.335 e. The van der Waals surface area contributed by atoms with Gasteiger partial charge < -0.3 is 20.1 Å². The molecule has 4 heterocycles. The molecular formula is C31H32N2O5. The summed E-state index contributed by atoms with van der Waals surface area (Å²) >= 11 is 0. The summed E-state index contributed by atoms with van der Waals surface area (Å²) in [5.41, 5.74) is 2.10. The van der Waals surface area contributed by atoms with Crippen molar-refractivity contribution in [1.82, 2.24) is 9.88 Å². The van der Waals surface area contributed by atoms with Gasteiger partial charge in [0, 0.05) is 24.2 Å². The van der Waals surface area contributed by atoms with Gasteiger partial charge in [0.25, 0.3) is 0 Å². The van der Waals surface area contributed by atoms with Gasteiger partial charge in [0.2, 0.25) is 0 Å². The quantitative estimate of drug-likeness (QED) is 0.307. The number of ether oxygens (including phenoxy) is 1. The van der Waals surface area contributed by atoms with Crippen LogP contribution in [0.5, 0.6) is 11.5 Å².